The second-order valence-electron chi connectivity index (χ2n) is 9.63. The first-order valence-corrected chi connectivity index (χ1v) is 12.3. The van der Waals surface area contributed by atoms with Gasteiger partial charge in [0.15, 0.2) is 0 Å². The minimum atomic E-state index is -0.536. The molecule has 3 nitrogen and oxygen atoms in total. The van der Waals surface area contributed by atoms with E-state index < -0.39 is 6.10 Å². The summed E-state index contributed by atoms with van der Waals surface area (Å²) in [5.74, 6) is 0.618. The molecular formula is C30H36N2O. The molecule has 2 heterocycles. The lowest BCUT2D eigenvalue weighted by Crippen LogP contribution is -2.04. The number of aliphatic hydroxyl groups excluding tert-OH is 1. The molecule has 0 saturated heterocycles. The fourth-order valence-electron chi connectivity index (χ4n) is 4.69. The summed E-state index contributed by atoms with van der Waals surface area (Å²) < 4.78 is 2.17. The van der Waals surface area contributed by atoms with Crippen LogP contribution in [0.1, 0.15) is 75.8 Å². The highest BCUT2D eigenvalue weighted by molar-refractivity contribution is 5.89. The minimum Gasteiger partial charge on any atom is -0.388 e. The minimum absolute atomic E-state index is 0.123. The Bertz CT molecular complexity index is 1230. The highest BCUT2D eigenvalue weighted by Gasteiger charge is 2.21. The molecule has 4 aromatic rings. The maximum absolute atomic E-state index is 11.1. The van der Waals surface area contributed by atoms with Crippen LogP contribution in [-0.2, 0) is 12.8 Å². The third-order valence-corrected chi connectivity index (χ3v) is 6.76. The lowest BCUT2D eigenvalue weighted by molar-refractivity contribution is 0.128. The van der Waals surface area contributed by atoms with Crippen molar-refractivity contribution in [2.75, 3.05) is 0 Å². The van der Waals surface area contributed by atoms with Crippen LogP contribution in [0.3, 0.4) is 0 Å². The average molecular weight is 441 g/mol. The summed E-state index contributed by atoms with van der Waals surface area (Å²) in [5, 5.41) is 12.2. The number of hydrogen-bond acceptors (Lipinski definition) is 2. The Labute approximate surface area is 198 Å². The molecule has 1 unspecified atom stereocenters. The molecule has 33 heavy (non-hydrogen) atoms. The van der Waals surface area contributed by atoms with E-state index in [1.165, 1.54) is 22.3 Å². The lowest BCUT2D eigenvalue weighted by Gasteiger charge is -2.15. The molecular weight excluding hydrogens is 404 g/mol. The molecule has 2 aromatic carbocycles. The van der Waals surface area contributed by atoms with Gasteiger partial charge < -0.3 is 9.67 Å². The van der Waals surface area contributed by atoms with Crippen LogP contribution in [-0.4, -0.2) is 14.7 Å². The normalized spacial score (nSPS) is 12.8. The van der Waals surface area contributed by atoms with Crippen molar-refractivity contribution in [1.82, 2.24) is 9.55 Å². The second kappa shape index (κ2) is 9.52. The van der Waals surface area contributed by atoms with Gasteiger partial charge in [-0.15, -0.1) is 0 Å². The van der Waals surface area contributed by atoms with E-state index in [9.17, 15) is 5.11 Å². The summed E-state index contributed by atoms with van der Waals surface area (Å²) in [4.78, 5) is 4.94. The Hall–Kier alpha value is -2.91. The van der Waals surface area contributed by atoms with E-state index in [0.717, 1.165) is 40.7 Å². The zero-order valence-corrected chi connectivity index (χ0v) is 20.8. The molecule has 3 heteroatoms. The van der Waals surface area contributed by atoms with Crippen LogP contribution < -0.4 is 0 Å². The quantitative estimate of drug-likeness (QED) is 0.321. The van der Waals surface area contributed by atoms with Crippen LogP contribution in [0.4, 0.5) is 0 Å². The van der Waals surface area contributed by atoms with E-state index in [2.05, 4.69) is 101 Å². The number of hydrogen-bond donors (Lipinski definition) is 1. The van der Waals surface area contributed by atoms with Gasteiger partial charge in [-0.25, -0.2) is 0 Å². The number of benzene rings is 2. The molecule has 0 fully saturated rings. The SMILES string of the molecule is CCc1cccc(CC)c1-c1cc2c(C(O)C(C)C)cn(-c3ccc(C(C)C)cc3)c2cn1. The van der Waals surface area contributed by atoms with E-state index in [1.807, 2.05) is 6.20 Å². The number of pyridine rings is 1. The fourth-order valence-corrected chi connectivity index (χ4v) is 4.69. The van der Waals surface area contributed by atoms with E-state index in [-0.39, 0.29) is 5.92 Å². The van der Waals surface area contributed by atoms with Gasteiger partial charge in [-0.05, 0) is 59.6 Å². The predicted molar refractivity (Wildman–Crippen MR) is 139 cm³/mol. The van der Waals surface area contributed by atoms with Crippen molar-refractivity contribution in [3.8, 4) is 16.9 Å². The van der Waals surface area contributed by atoms with Crippen LogP contribution in [0, 0.1) is 5.92 Å². The third kappa shape index (κ3) is 4.35. The second-order valence-corrected chi connectivity index (χ2v) is 9.63. The Morgan fingerprint density at radius 2 is 1.55 bits per heavy atom. The molecule has 1 atom stereocenters. The molecule has 1 N–H and O–H groups in total. The lowest BCUT2D eigenvalue weighted by atomic mass is 9.93. The molecule has 0 saturated carbocycles. The smallest absolute Gasteiger partial charge is 0.0833 e. The zero-order valence-electron chi connectivity index (χ0n) is 20.8. The van der Waals surface area contributed by atoms with E-state index in [1.54, 1.807) is 0 Å². The number of rotatable bonds is 7. The summed E-state index contributed by atoms with van der Waals surface area (Å²) in [5.41, 5.74) is 9.25. The average Bonchev–Trinajstić information content (AvgIpc) is 3.21. The fraction of sp³-hybridized carbons (Fsp3) is 0.367. The number of aromatic nitrogens is 2. The Morgan fingerprint density at radius 3 is 2.09 bits per heavy atom. The van der Waals surface area contributed by atoms with Crippen molar-refractivity contribution < 1.29 is 5.11 Å². The molecule has 0 aliphatic carbocycles. The molecule has 0 aliphatic heterocycles. The van der Waals surface area contributed by atoms with Crippen molar-refractivity contribution in [2.24, 2.45) is 5.92 Å². The number of nitrogens with zero attached hydrogens (tertiary/aromatic N) is 2. The molecule has 0 aliphatic rings. The van der Waals surface area contributed by atoms with Gasteiger partial charge in [0, 0.05) is 28.4 Å². The van der Waals surface area contributed by atoms with Crippen LogP contribution in [0.2, 0.25) is 0 Å². The Kier molecular flexibility index (Phi) is 6.71. The molecule has 0 amide bonds. The van der Waals surface area contributed by atoms with Crippen LogP contribution in [0.25, 0.3) is 27.8 Å². The third-order valence-electron chi connectivity index (χ3n) is 6.76. The summed E-state index contributed by atoms with van der Waals surface area (Å²) in [7, 11) is 0. The number of fused-ring (bicyclic) bond motifs is 1. The summed E-state index contributed by atoms with van der Waals surface area (Å²) in [6.45, 7) is 12.9. The van der Waals surface area contributed by atoms with Crippen molar-refractivity contribution in [3.05, 3.63) is 83.2 Å². The molecule has 2 aromatic heterocycles. The van der Waals surface area contributed by atoms with E-state index in [0.29, 0.717) is 5.92 Å². The first-order valence-electron chi connectivity index (χ1n) is 12.3. The topological polar surface area (TPSA) is 38.0 Å². The van der Waals surface area contributed by atoms with Crippen molar-refractivity contribution >= 4 is 10.9 Å². The Balaban J connectivity index is 1.94. The molecule has 0 radical (unpaired) electrons. The predicted octanol–water partition coefficient (Wildman–Crippen LogP) is 7.63. The monoisotopic (exact) mass is 440 g/mol. The zero-order chi connectivity index (χ0) is 23.7. The van der Waals surface area contributed by atoms with Crippen molar-refractivity contribution in [2.45, 2.75) is 66.4 Å². The highest BCUT2D eigenvalue weighted by Crippen LogP contribution is 2.36. The van der Waals surface area contributed by atoms with Crippen LogP contribution >= 0.6 is 0 Å². The van der Waals surface area contributed by atoms with Crippen molar-refractivity contribution in [1.29, 1.82) is 0 Å². The first-order chi connectivity index (χ1) is 15.8. The van der Waals surface area contributed by atoms with Gasteiger partial charge in [0.1, 0.15) is 0 Å². The van der Waals surface area contributed by atoms with Crippen molar-refractivity contribution in [3.63, 3.8) is 0 Å². The van der Waals surface area contributed by atoms with Crippen LogP contribution in [0.5, 0.6) is 0 Å². The van der Waals surface area contributed by atoms with Gasteiger partial charge in [-0.1, -0.05) is 71.9 Å². The van der Waals surface area contributed by atoms with Gasteiger partial charge in [-0.2, -0.15) is 0 Å². The van der Waals surface area contributed by atoms with Gasteiger partial charge >= 0.3 is 0 Å². The van der Waals surface area contributed by atoms with Gasteiger partial charge in [0.2, 0.25) is 0 Å². The largest absolute Gasteiger partial charge is 0.388 e. The highest BCUT2D eigenvalue weighted by atomic mass is 16.3. The van der Waals surface area contributed by atoms with E-state index >= 15 is 0 Å². The molecule has 4 rings (SSSR count). The summed E-state index contributed by atoms with van der Waals surface area (Å²) >= 11 is 0. The standard InChI is InChI=1S/C30H36N2O/c1-7-21-10-9-11-22(8-2)29(21)27-16-25-26(30(33)20(5)6)18-32(28(25)17-31-27)24-14-12-23(13-15-24)19(3)4/h9-20,30,33H,7-8H2,1-6H3. The molecule has 172 valence electrons. The maximum atomic E-state index is 11.1. The van der Waals surface area contributed by atoms with E-state index in [4.69, 9.17) is 4.98 Å². The van der Waals surface area contributed by atoms with Gasteiger partial charge in [0.25, 0.3) is 0 Å². The van der Waals surface area contributed by atoms with Crippen LogP contribution in [0.15, 0.2) is 60.9 Å². The Morgan fingerprint density at radius 1 is 0.909 bits per heavy atom. The molecule has 0 spiro atoms. The first kappa shape index (κ1) is 23.3. The number of aliphatic hydroxyl groups is 1. The molecule has 0 bridgehead atoms. The van der Waals surface area contributed by atoms with Gasteiger partial charge in [-0.3, -0.25) is 4.98 Å². The maximum Gasteiger partial charge on any atom is 0.0833 e. The summed E-state index contributed by atoms with van der Waals surface area (Å²) in [6, 6.07) is 17.4. The number of aryl methyl sites for hydroxylation is 2. The summed E-state index contributed by atoms with van der Waals surface area (Å²) in [6.07, 6.45) is 5.47. The van der Waals surface area contributed by atoms with Gasteiger partial charge in [0.05, 0.1) is 23.5 Å².